The van der Waals surface area contributed by atoms with Crippen LogP contribution in [0.4, 0.5) is 0 Å². The monoisotopic (exact) mass is 450 g/mol. The van der Waals surface area contributed by atoms with Crippen molar-refractivity contribution >= 4 is 31.9 Å². The lowest BCUT2D eigenvalue weighted by Crippen LogP contribution is -1.89. The Morgan fingerprint density at radius 2 is 1.33 bits per heavy atom. The zero-order valence-electron chi connectivity index (χ0n) is 13.3. The zero-order valence-corrected chi connectivity index (χ0v) is 16.5. The van der Waals surface area contributed by atoms with Crippen molar-refractivity contribution in [1.29, 1.82) is 10.5 Å². The maximum atomic E-state index is 8.62. The number of alkyl halides is 2. The molecule has 0 saturated carbocycles. The first-order valence-electron chi connectivity index (χ1n) is 6.89. The normalized spacial score (nSPS) is 9.08. The van der Waals surface area contributed by atoms with Crippen LogP contribution in [-0.4, -0.2) is 14.2 Å². The van der Waals surface area contributed by atoms with E-state index >= 15 is 0 Å². The number of nitriles is 2. The van der Waals surface area contributed by atoms with Gasteiger partial charge in [-0.25, -0.2) is 0 Å². The molecule has 0 spiro atoms. The summed E-state index contributed by atoms with van der Waals surface area (Å²) in [5, 5.41) is 18.7. The van der Waals surface area contributed by atoms with E-state index < -0.39 is 0 Å². The molecule has 24 heavy (non-hydrogen) atoms. The third-order valence-electron chi connectivity index (χ3n) is 3.11. The molecular weight excluding hydrogens is 436 g/mol. The summed E-state index contributed by atoms with van der Waals surface area (Å²) in [7, 11) is 3.22. The molecule has 0 N–H and O–H groups in total. The molecule has 0 heterocycles. The second kappa shape index (κ2) is 10.7. The zero-order chi connectivity index (χ0) is 17.9. The summed E-state index contributed by atoms with van der Waals surface area (Å²) >= 11 is 6.66. The summed E-state index contributed by atoms with van der Waals surface area (Å²) < 4.78 is 10.2. The molecule has 2 aromatic rings. The van der Waals surface area contributed by atoms with Crippen LogP contribution < -0.4 is 9.47 Å². The molecule has 0 atom stereocenters. The molecule has 0 aliphatic carbocycles. The van der Waals surface area contributed by atoms with Crippen molar-refractivity contribution in [2.45, 2.75) is 10.7 Å². The Morgan fingerprint density at radius 3 is 1.83 bits per heavy atom. The minimum Gasteiger partial charge on any atom is -0.496 e. The number of benzene rings is 2. The second-order valence-corrected chi connectivity index (χ2v) is 5.67. The molecule has 0 aliphatic heterocycles. The Kier molecular flexibility index (Phi) is 8.93. The predicted octanol–water partition coefficient (Wildman–Crippen LogP) is 4.92. The Balaban J connectivity index is 0.000000240. The molecule has 0 fully saturated rings. The largest absolute Gasteiger partial charge is 0.496 e. The fourth-order valence-electron chi connectivity index (χ4n) is 1.88. The highest BCUT2D eigenvalue weighted by molar-refractivity contribution is 9.08. The molecule has 0 saturated heterocycles. The SMILES string of the molecule is COc1cc(C#N)ccc1CBr.COc1ccc(C#N)cc1CBr. The molecule has 0 aromatic heterocycles. The minimum atomic E-state index is 0.622. The van der Waals surface area contributed by atoms with E-state index in [-0.39, 0.29) is 0 Å². The van der Waals surface area contributed by atoms with E-state index in [4.69, 9.17) is 20.0 Å². The van der Waals surface area contributed by atoms with Gasteiger partial charge in [0.05, 0.1) is 37.5 Å². The number of halogens is 2. The molecule has 2 rings (SSSR count). The van der Waals surface area contributed by atoms with Crippen molar-refractivity contribution in [1.82, 2.24) is 0 Å². The van der Waals surface area contributed by atoms with E-state index in [2.05, 4.69) is 44.0 Å². The Morgan fingerprint density at radius 1 is 0.792 bits per heavy atom. The smallest absolute Gasteiger partial charge is 0.124 e. The van der Waals surface area contributed by atoms with Crippen LogP contribution in [0.15, 0.2) is 36.4 Å². The molecule has 0 unspecified atom stereocenters. The molecule has 0 bridgehead atoms. The fourth-order valence-corrected chi connectivity index (χ4v) is 2.78. The van der Waals surface area contributed by atoms with Gasteiger partial charge in [0.2, 0.25) is 0 Å². The molecule has 124 valence electrons. The van der Waals surface area contributed by atoms with Gasteiger partial charge in [-0.15, -0.1) is 0 Å². The number of hydrogen-bond acceptors (Lipinski definition) is 4. The third kappa shape index (κ3) is 5.56. The first kappa shape index (κ1) is 20.0. The van der Waals surface area contributed by atoms with Gasteiger partial charge >= 0.3 is 0 Å². The fraction of sp³-hybridized carbons (Fsp3) is 0.222. The van der Waals surface area contributed by atoms with Gasteiger partial charge in [-0.1, -0.05) is 37.9 Å². The molecule has 2 aromatic carbocycles. The van der Waals surface area contributed by atoms with Crippen LogP contribution in [0.2, 0.25) is 0 Å². The van der Waals surface area contributed by atoms with Gasteiger partial charge in [-0.3, -0.25) is 0 Å². The third-order valence-corrected chi connectivity index (χ3v) is 4.32. The van der Waals surface area contributed by atoms with E-state index in [1.54, 1.807) is 38.5 Å². The quantitative estimate of drug-likeness (QED) is 0.618. The maximum absolute atomic E-state index is 8.62. The van der Waals surface area contributed by atoms with Crippen LogP contribution in [0.5, 0.6) is 11.5 Å². The Hall–Kier alpha value is -2.02. The van der Waals surface area contributed by atoms with Crippen molar-refractivity contribution in [3.05, 3.63) is 58.7 Å². The topological polar surface area (TPSA) is 66.0 Å². The predicted molar refractivity (Wildman–Crippen MR) is 101 cm³/mol. The molecule has 0 amide bonds. The van der Waals surface area contributed by atoms with Gasteiger partial charge in [0, 0.05) is 21.8 Å². The summed E-state index contributed by atoms with van der Waals surface area (Å²) in [6.45, 7) is 0. The Labute approximate surface area is 158 Å². The van der Waals surface area contributed by atoms with Crippen molar-refractivity contribution in [2.24, 2.45) is 0 Å². The summed E-state index contributed by atoms with van der Waals surface area (Å²) in [4.78, 5) is 0. The summed E-state index contributed by atoms with van der Waals surface area (Å²) in [5.41, 5.74) is 3.33. The average molecular weight is 452 g/mol. The number of nitrogens with zero attached hydrogens (tertiary/aromatic N) is 2. The van der Waals surface area contributed by atoms with Gasteiger partial charge in [-0.05, 0) is 30.3 Å². The van der Waals surface area contributed by atoms with Gasteiger partial charge in [0.1, 0.15) is 11.5 Å². The average Bonchev–Trinajstić information content (AvgIpc) is 2.67. The van der Waals surface area contributed by atoms with Crippen molar-refractivity contribution < 1.29 is 9.47 Å². The van der Waals surface area contributed by atoms with Crippen LogP contribution >= 0.6 is 31.9 Å². The summed E-state index contributed by atoms with van der Waals surface area (Å²) in [6, 6.07) is 14.9. The van der Waals surface area contributed by atoms with E-state index in [0.29, 0.717) is 16.5 Å². The number of rotatable bonds is 4. The van der Waals surface area contributed by atoms with Crippen LogP contribution in [0.3, 0.4) is 0 Å². The van der Waals surface area contributed by atoms with Gasteiger partial charge in [-0.2, -0.15) is 10.5 Å². The standard InChI is InChI=1S/2C9H8BrNO/c1-12-9-3-2-7(6-11)4-8(9)5-10;1-12-9-4-7(6-11)2-3-8(9)5-10/h2*2-4H,5H2,1H3. The number of methoxy groups -OCH3 is 2. The highest BCUT2D eigenvalue weighted by Gasteiger charge is 2.02. The highest BCUT2D eigenvalue weighted by atomic mass is 79.9. The minimum absolute atomic E-state index is 0.622. The first-order chi connectivity index (χ1) is 11.6. The van der Waals surface area contributed by atoms with E-state index in [1.165, 1.54) is 0 Å². The van der Waals surface area contributed by atoms with Crippen LogP contribution in [0.1, 0.15) is 22.3 Å². The van der Waals surface area contributed by atoms with Gasteiger partial charge < -0.3 is 9.47 Å². The van der Waals surface area contributed by atoms with Crippen molar-refractivity contribution in [3.8, 4) is 23.6 Å². The van der Waals surface area contributed by atoms with Gasteiger partial charge in [0.15, 0.2) is 0 Å². The van der Waals surface area contributed by atoms with Crippen molar-refractivity contribution in [3.63, 3.8) is 0 Å². The maximum Gasteiger partial charge on any atom is 0.124 e. The molecule has 0 aliphatic rings. The number of hydrogen-bond donors (Lipinski definition) is 0. The van der Waals surface area contributed by atoms with Crippen LogP contribution in [-0.2, 0) is 10.7 Å². The lowest BCUT2D eigenvalue weighted by Gasteiger charge is -2.04. The lowest BCUT2D eigenvalue weighted by atomic mass is 10.1. The Bertz CT molecular complexity index is 699. The van der Waals surface area contributed by atoms with Gasteiger partial charge in [0.25, 0.3) is 0 Å². The summed E-state index contributed by atoms with van der Waals surface area (Å²) in [6.07, 6.45) is 0. The molecular formula is C18H16Br2N2O2. The first-order valence-corrected chi connectivity index (χ1v) is 9.13. The molecule has 4 nitrogen and oxygen atoms in total. The van der Waals surface area contributed by atoms with E-state index in [9.17, 15) is 0 Å². The van der Waals surface area contributed by atoms with Crippen LogP contribution in [0, 0.1) is 22.7 Å². The summed E-state index contributed by atoms with van der Waals surface area (Å²) in [5.74, 6) is 1.57. The van der Waals surface area contributed by atoms with Crippen molar-refractivity contribution in [2.75, 3.05) is 14.2 Å². The highest BCUT2D eigenvalue weighted by Crippen LogP contribution is 2.22. The lowest BCUT2D eigenvalue weighted by molar-refractivity contribution is 0.411. The van der Waals surface area contributed by atoms with Crippen LogP contribution in [0.25, 0.3) is 0 Å². The van der Waals surface area contributed by atoms with E-state index in [0.717, 1.165) is 28.0 Å². The number of ether oxygens (including phenoxy) is 2. The molecule has 6 heteroatoms. The molecule has 0 radical (unpaired) electrons. The second-order valence-electron chi connectivity index (χ2n) is 4.54. The van der Waals surface area contributed by atoms with E-state index in [1.807, 2.05) is 12.1 Å².